The van der Waals surface area contributed by atoms with Crippen molar-refractivity contribution >= 4 is 33.8 Å². The Morgan fingerprint density at radius 3 is 2.38 bits per heavy atom. The Morgan fingerprint density at radius 1 is 1.05 bits per heavy atom. The van der Waals surface area contributed by atoms with Crippen LogP contribution >= 0.6 is 15.9 Å². The molecule has 0 aliphatic rings. The lowest BCUT2D eigenvalue weighted by Gasteiger charge is -2.08. The first-order valence-electron chi connectivity index (χ1n) is 6.26. The van der Waals surface area contributed by atoms with Crippen LogP contribution in [0.2, 0.25) is 0 Å². The summed E-state index contributed by atoms with van der Waals surface area (Å²) in [5, 5.41) is 16.0. The molecule has 0 aliphatic heterocycles. The van der Waals surface area contributed by atoms with Gasteiger partial charge in [-0.15, -0.1) is 0 Å². The maximum absolute atomic E-state index is 11.8. The molecule has 114 valence electrons. The highest BCUT2D eigenvalue weighted by atomic mass is 79.9. The third kappa shape index (κ3) is 7.31. The van der Waals surface area contributed by atoms with Crippen molar-refractivity contribution in [3.05, 3.63) is 34.3 Å². The fraction of sp³-hybridized carbons (Fsp3) is 0.308. The maximum Gasteiger partial charge on any atom is 0.314 e. The minimum absolute atomic E-state index is 0.0611. The Balaban J connectivity index is 2.17. The van der Waals surface area contributed by atoms with E-state index < -0.39 is 12.0 Å². The van der Waals surface area contributed by atoms with Crippen LogP contribution in [0.1, 0.15) is 16.8 Å². The van der Waals surface area contributed by atoms with Crippen LogP contribution in [0.15, 0.2) is 28.7 Å². The fourth-order valence-corrected chi connectivity index (χ4v) is 1.83. The number of carboxylic acids is 1. The highest BCUT2D eigenvalue weighted by Crippen LogP contribution is 2.11. The van der Waals surface area contributed by atoms with E-state index in [0.29, 0.717) is 5.56 Å². The van der Waals surface area contributed by atoms with Crippen molar-refractivity contribution in [1.82, 2.24) is 16.0 Å². The van der Waals surface area contributed by atoms with Gasteiger partial charge in [0.2, 0.25) is 0 Å². The number of urea groups is 1. The standard InChI is InChI=1S/C13H16BrN3O4/c14-10-3-1-2-9(8-10)12(20)15-6-7-17-13(21)16-5-4-11(18)19/h1-3,8H,4-7H2,(H,15,20)(H,18,19)(H2,16,17,21). The number of nitrogens with one attached hydrogen (secondary N) is 3. The zero-order valence-corrected chi connectivity index (χ0v) is 12.8. The topological polar surface area (TPSA) is 108 Å². The van der Waals surface area contributed by atoms with E-state index in [1.54, 1.807) is 18.2 Å². The molecule has 1 rings (SSSR count). The van der Waals surface area contributed by atoms with Crippen molar-refractivity contribution in [3.8, 4) is 0 Å². The molecule has 21 heavy (non-hydrogen) atoms. The van der Waals surface area contributed by atoms with Gasteiger partial charge in [-0.3, -0.25) is 9.59 Å². The van der Waals surface area contributed by atoms with Gasteiger partial charge in [0.25, 0.3) is 5.91 Å². The molecule has 0 aliphatic carbocycles. The molecule has 0 bridgehead atoms. The molecule has 0 unspecified atom stereocenters. The van der Waals surface area contributed by atoms with E-state index in [-0.39, 0.29) is 32.0 Å². The molecular weight excluding hydrogens is 342 g/mol. The van der Waals surface area contributed by atoms with E-state index in [4.69, 9.17) is 5.11 Å². The fourth-order valence-electron chi connectivity index (χ4n) is 1.43. The van der Waals surface area contributed by atoms with Gasteiger partial charge in [0.1, 0.15) is 0 Å². The molecule has 1 aromatic carbocycles. The molecule has 0 aromatic heterocycles. The first-order valence-corrected chi connectivity index (χ1v) is 7.05. The quantitative estimate of drug-likeness (QED) is 0.545. The lowest BCUT2D eigenvalue weighted by molar-refractivity contribution is -0.136. The Labute approximate surface area is 130 Å². The van der Waals surface area contributed by atoms with Gasteiger partial charge in [0.15, 0.2) is 0 Å². The second-order valence-electron chi connectivity index (χ2n) is 4.09. The summed E-state index contributed by atoms with van der Waals surface area (Å²) in [6.45, 7) is 0.585. The number of carbonyl (C=O) groups excluding carboxylic acids is 2. The molecule has 0 spiro atoms. The maximum atomic E-state index is 11.8. The van der Waals surface area contributed by atoms with Crippen LogP contribution in [0.3, 0.4) is 0 Å². The van der Waals surface area contributed by atoms with Crippen molar-refractivity contribution in [2.45, 2.75) is 6.42 Å². The number of hydrogen-bond donors (Lipinski definition) is 4. The molecule has 0 atom stereocenters. The first-order chi connectivity index (χ1) is 9.99. The minimum Gasteiger partial charge on any atom is -0.481 e. The van der Waals surface area contributed by atoms with Crippen LogP contribution in [-0.2, 0) is 4.79 Å². The highest BCUT2D eigenvalue weighted by Gasteiger charge is 2.05. The lowest BCUT2D eigenvalue weighted by atomic mass is 10.2. The highest BCUT2D eigenvalue weighted by molar-refractivity contribution is 9.10. The summed E-state index contributed by atoms with van der Waals surface area (Å²) in [6, 6.07) is 6.49. The Hall–Kier alpha value is -2.09. The van der Waals surface area contributed by atoms with Gasteiger partial charge in [0, 0.05) is 29.7 Å². The van der Waals surface area contributed by atoms with Crippen molar-refractivity contribution in [2.75, 3.05) is 19.6 Å². The summed E-state index contributed by atoms with van der Waals surface area (Å²) in [5.74, 6) is -1.21. The van der Waals surface area contributed by atoms with E-state index in [9.17, 15) is 14.4 Å². The van der Waals surface area contributed by atoms with Crippen LogP contribution in [-0.4, -0.2) is 42.6 Å². The van der Waals surface area contributed by atoms with Crippen molar-refractivity contribution in [1.29, 1.82) is 0 Å². The molecule has 8 heteroatoms. The lowest BCUT2D eigenvalue weighted by Crippen LogP contribution is -2.40. The number of carboxylic acid groups (broad SMARTS) is 1. The van der Waals surface area contributed by atoms with Gasteiger partial charge < -0.3 is 21.1 Å². The number of aliphatic carboxylic acids is 1. The second-order valence-corrected chi connectivity index (χ2v) is 5.01. The summed E-state index contributed by atoms with van der Waals surface area (Å²) in [4.78, 5) is 33.3. The third-order valence-corrected chi connectivity index (χ3v) is 2.90. The number of halogens is 1. The average Bonchev–Trinajstić information content (AvgIpc) is 2.43. The van der Waals surface area contributed by atoms with Crippen molar-refractivity contribution < 1.29 is 19.5 Å². The van der Waals surface area contributed by atoms with E-state index >= 15 is 0 Å². The predicted molar refractivity (Wildman–Crippen MR) is 80.1 cm³/mol. The van der Waals surface area contributed by atoms with E-state index in [1.165, 1.54) is 0 Å². The Kier molecular flexibility index (Phi) is 7.24. The van der Waals surface area contributed by atoms with Gasteiger partial charge in [0.05, 0.1) is 6.42 Å². The summed E-state index contributed by atoms with van der Waals surface area (Å²) < 4.78 is 0.811. The number of benzene rings is 1. The molecule has 0 radical (unpaired) electrons. The summed E-state index contributed by atoms with van der Waals surface area (Å²) in [6.07, 6.45) is -0.132. The zero-order chi connectivity index (χ0) is 15.7. The number of amides is 3. The predicted octanol–water partition coefficient (Wildman–Crippen LogP) is 0.953. The molecule has 4 N–H and O–H groups in total. The molecule has 0 heterocycles. The summed E-state index contributed by atoms with van der Waals surface area (Å²) >= 11 is 3.28. The second kappa shape index (κ2) is 8.96. The van der Waals surface area contributed by atoms with Gasteiger partial charge in [-0.05, 0) is 18.2 Å². The summed E-state index contributed by atoms with van der Waals surface area (Å²) in [7, 11) is 0. The first kappa shape index (κ1) is 17.0. The molecule has 0 fully saturated rings. The van der Waals surface area contributed by atoms with Crippen LogP contribution < -0.4 is 16.0 Å². The van der Waals surface area contributed by atoms with Gasteiger partial charge in [-0.2, -0.15) is 0 Å². The normalized spacial score (nSPS) is 9.76. The van der Waals surface area contributed by atoms with E-state index in [0.717, 1.165) is 4.47 Å². The SMILES string of the molecule is O=C(O)CCNC(=O)NCCNC(=O)c1cccc(Br)c1. The third-order valence-electron chi connectivity index (χ3n) is 2.41. The van der Waals surface area contributed by atoms with Crippen LogP contribution in [0.25, 0.3) is 0 Å². The molecule has 7 nitrogen and oxygen atoms in total. The number of rotatable bonds is 7. The average molecular weight is 358 g/mol. The Bertz CT molecular complexity index is 522. The zero-order valence-electron chi connectivity index (χ0n) is 11.2. The molecule has 1 aromatic rings. The molecule has 0 saturated carbocycles. The number of carbonyl (C=O) groups is 3. The largest absolute Gasteiger partial charge is 0.481 e. The van der Waals surface area contributed by atoms with Gasteiger partial charge >= 0.3 is 12.0 Å². The summed E-state index contributed by atoms with van der Waals surface area (Å²) in [5.41, 5.74) is 0.523. The van der Waals surface area contributed by atoms with Crippen molar-refractivity contribution in [3.63, 3.8) is 0 Å². The molecule has 3 amide bonds. The minimum atomic E-state index is -0.975. The Morgan fingerprint density at radius 2 is 1.71 bits per heavy atom. The molecular formula is C13H16BrN3O4. The van der Waals surface area contributed by atoms with Gasteiger partial charge in [-0.1, -0.05) is 22.0 Å². The van der Waals surface area contributed by atoms with E-state index in [2.05, 4.69) is 31.9 Å². The monoisotopic (exact) mass is 357 g/mol. The van der Waals surface area contributed by atoms with Gasteiger partial charge in [-0.25, -0.2) is 4.79 Å². The number of hydrogen-bond acceptors (Lipinski definition) is 3. The van der Waals surface area contributed by atoms with Crippen LogP contribution in [0, 0.1) is 0 Å². The van der Waals surface area contributed by atoms with Crippen molar-refractivity contribution in [2.24, 2.45) is 0 Å². The molecule has 0 saturated heterocycles. The van der Waals surface area contributed by atoms with E-state index in [1.807, 2.05) is 6.07 Å². The van der Waals surface area contributed by atoms with Crippen LogP contribution in [0.5, 0.6) is 0 Å². The van der Waals surface area contributed by atoms with Crippen LogP contribution in [0.4, 0.5) is 4.79 Å². The smallest absolute Gasteiger partial charge is 0.314 e.